The summed E-state index contributed by atoms with van der Waals surface area (Å²) >= 11 is 0. The minimum atomic E-state index is -0.486. The number of hydrogen-bond donors (Lipinski definition) is 2. The first-order valence-corrected chi connectivity index (χ1v) is 6.07. The zero-order valence-electron chi connectivity index (χ0n) is 10.5. The van der Waals surface area contributed by atoms with Crippen LogP contribution in [0.4, 0.5) is 11.7 Å². The van der Waals surface area contributed by atoms with Gasteiger partial charge < -0.3 is 14.8 Å². The molecule has 0 bridgehead atoms. The van der Waals surface area contributed by atoms with Crippen LogP contribution in [0.25, 0.3) is 11.1 Å². The van der Waals surface area contributed by atoms with Gasteiger partial charge in [-0.15, -0.1) is 0 Å². The number of hydrogen-bond acceptors (Lipinski definition) is 6. The van der Waals surface area contributed by atoms with Crippen molar-refractivity contribution in [1.82, 2.24) is 4.98 Å². The second-order valence-corrected chi connectivity index (χ2v) is 4.16. The predicted molar refractivity (Wildman–Crippen MR) is 70.1 cm³/mol. The molecule has 0 aliphatic rings. The predicted octanol–water partition coefficient (Wildman–Crippen LogP) is 2.31. The van der Waals surface area contributed by atoms with Crippen molar-refractivity contribution in [3.63, 3.8) is 0 Å². The minimum Gasteiger partial charge on any atom is -0.423 e. The highest BCUT2D eigenvalue weighted by atomic mass is 16.6. The molecule has 0 aliphatic carbocycles. The molecule has 2 N–H and O–H groups in total. The SMILES string of the molecule is CCC(CCO)Nc1nc2c([N+](=O)[O-])cccc2o1. The highest BCUT2D eigenvalue weighted by Crippen LogP contribution is 2.27. The van der Waals surface area contributed by atoms with Gasteiger partial charge in [0.2, 0.25) is 0 Å². The Hall–Kier alpha value is -2.15. The van der Waals surface area contributed by atoms with Crippen molar-refractivity contribution in [2.45, 2.75) is 25.8 Å². The molecule has 1 unspecified atom stereocenters. The third-order valence-corrected chi connectivity index (χ3v) is 2.89. The Morgan fingerprint density at radius 3 is 3.00 bits per heavy atom. The Morgan fingerprint density at radius 1 is 1.58 bits per heavy atom. The topological polar surface area (TPSA) is 101 Å². The van der Waals surface area contributed by atoms with E-state index >= 15 is 0 Å². The highest BCUT2D eigenvalue weighted by molar-refractivity contribution is 5.84. The van der Waals surface area contributed by atoms with E-state index in [1.165, 1.54) is 6.07 Å². The fourth-order valence-electron chi connectivity index (χ4n) is 1.85. The van der Waals surface area contributed by atoms with Crippen LogP contribution in [0.1, 0.15) is 19.8 Å². The maximum absolute atomic E-state index is 10.9. The van der Waals surface area contributed by atoms with Crippen molar-refractivity contribution in [2.24, 2.45) is 0 Å². The highest BCUT2D eigenvalue weighted by Gasteiger charge is 2.18. The van der Waals surface area contributed by atoms with Gasteiger partial charge in [0.25, 0.3) is 11.7 Å². The molecule has 2 aromatic rings. The molecule has 0 aliphatic heterocycles. The first-order chi connectivity index (χ1) is 9.15. The van der Waals surface area contributed by atoms with Gasteiger partial charge in [-0.2, -0.15) is 4.98 Å². The van der Waals surface area contributed by atoms with Gasteiger partial charge in [-0.3, -0.25) is 10.1 Å². The van der Waals surface area contributed by atoms with Gasteiger partial charge in [-0.1, -0.05) is 13.0 Å². The molecule has 0 saturated heterocycles. The van der Waals surface area contributed by atoms with Gasteiger partial charge in [0, 0.05) is 18.7 Å². The van der Waals surface area contributed by atoms with Crippen LogP contribution in [0, 0.1) is 10.1 Å². The molecule has 19 heavy (non-hydrogen) atoms. The number of benzene rings is 1. The van der Waals surface area contributed by atoms with Gasteiger partial charge in [-0.25, -0.2) is 0 Å². The van der Waals surface area contributed by atoms with Crippen LogP contribution in [0.15, 0.2) is 22.6 Å². The molecule has 7 heteroatoms. The van der Waals surface area contributed by atoms with Gasteiger partial charge in [0.1, 0.15) is 0 Å². The summed E-state index contributed by atoms with van der Waals surface area (Å²) in [5.74, 6) is 0. The summed E-state index contributed by atoms with van der Waals surface area (Å²) in [5, 5.41) is 22.8. The molecule has 0 radical (unpaired) electrons. The molecule has 0 spiro atoms. The van der Waals surface area contributed by atoms with Crippen molar-refractivity contribution in [3.8, 4) is 0 Å². The van der Waals surface area contributed by atoms with E-state index in [0.717, 1.165) is 6.42 Å². The smallest absolute Gasteiger partial charge is 0.298 e. The summed E-state index contributed by atoms with van der Waals surface area (Å²) in [5.41, 5.74) is 0.522. The maximum atomic E-state index is 10.9. The Kier molecular flexibility index (Phi) is 3.96. The molecule has 7 nitrogen and oxygen atoms in total. The molecule has 1 aromatic carbocycles. The van der Waals surface area contributed by atoms with E-state index in [9.17, 15) is 10.1 Å². The number of aromatic nitrogens is 1. The molecule has 0 fully saturated rings. The monoisotopic (exact) mass is 265 g/mol. The number of nitrogens with zero attached hydrogens (tertiary/aromatic N) is 2. The Labute approximate surface area is 109 Å². The lowest BCUT2D eigenvalue weighted by Crippen LogP contribution is -2.19. The molecule has 0 amide bonds. The lowest BCUT2D eigenvalue weighted by Gasteiger charge is -2.13. The van der Waals surface area contributed by atoms with Crippen molar-refractivity contribution < 1.29 is 14.4 Å². The van der Waals surface area contributed by atoms with Crippen molar-refractivity contribution in [3.05, 3.63) is 28.3 Å². The second kappa shape index (κ2) is 5.66. The first-order valence-electron chi connectivity index (χ1n) is 6.07. The van der Waals surface area contributed by atoms with E-state index in [-0.39, 0.29) is 29.9 Å². The lowest BCUT2D eigenvalue weighted by molar-refractivity contribution is -0.383. The normalized spacial score (nSPS) is 12.5. The number of oxazole rings is 1. The number of rotatable bonds is 6. The molecular formula is C12H15N3O4. The quantitative estimate of drug-likeness (QED) is 0.613. The summed E-state index contributed by atoms with van der Waals surface area (Å²) in [4.78, 5) is 14.5. The van der Waals surface area contributed by atoms with Crippen molar-refractivity contribution >= 4 is 22.8 Å². The molecule has 0 saturated carbocycles. The number of aliphatic hydroxyl groups excluding tert-OH is 1. The number of nitro groups is 1. The van der Waals surface area contributed by atoms with Gasteiger partial charge in [0.05, 0.1) is 4.92 Å². The number of non-ortho nitro benzene ring substituents is 1. The molecule has 1 aromatic heterocycles. The molecule has 2 rings (SSSR count). The van der Waals surface area contributed by atoms with E-state index in [0.29, 0.717) is 12.0 Å². The molecule has 102 valence electrons. The minimum absolute atomic E-state index is 0.0251. The number of nitrogens with one attached hydrogen (secondary N) is 1. The summed E-state index contributed by atoms with van der Waals surface area (Å²) in [7, 11) is 0. The lowest BCUT2D eigenvalue weighted by atomic mass is 10.2. The number of aliphatic hydroxyl groups is 1. The van der Waals surface area contributed by atoms with E-state index in [1.54, 1.807) is 12.1 Å². The first kappa shape index (κ1) is 13.3. The third-order valence-electron chi connectivity index (χ3n) is 2.89. The largest absolute Gasteiger partial charge is 0.423 e. The Bertz CT molecular complexity index is 581. The zero-order chi connectivity index (χ0) is 13.8. The second-order valence-electron chi connectivity index (χ2n) is 4.16. The van der Waals surface area contributed by atoms with E-state index < -0.39 is 4.92 Å². The summed E-state index contributed by atoms with van der Waals surface area (Å²) in [6.07, 6.45) is 1.36. The Morgan fingerprint density at radius 2 is 2.37 bits per heavy atom. The Balaban J connectivity index is 2.31. The summed E-state index contributed by atoms with van der Waals surface area (Å²) in [6, 6.07) is 4.84. The third kappa shape index (κ3) is 2.82. The van der Waals surface area contributed by atoms with Crippen LogP contribution < -0.4 is 5.32 Å². The number of nitro benzene ring substituents is 1. The van der Waals surface area contributed by atoms with Crippen LogP contribution in [0.5, 0.6) is 0 Å². The molecule has 1 atom stereocenters. The average Bonchev–Trinajstić information content (AvgIpc) is 2.79. The van der Waals surface area contributed by atoms with Crippen LogP contribution >= 0.6 is 0 Å². The number of anilines is 1. The van der Waals surface area contributed by atoms with E-state index in [4.69, 9.17) is 9.52 Å². The van der Waals surface area contributed by atoms with Crippen LogP contribution in [0.2, 0.25) is 0 Å². The van der Waals surface area contributed by atoms with E-state index in [2.05, 4.69) is 10.3 Å². The number of fused-ring (bicyclic) bond motifs is 1. The zero-order valence-corrected chi connectivity index (χ0v) is 10.5. The summed E-state index contributed by atoms with van der Waals surface area (Å²) < 4.78 is 5.43. The van der Waals surface area contributed by atoms with Crippen LogP contribution in [-0.4, -0.2) is 27.7 Å². The maximum Gasteiger partial charge on any atom is 0.298 e. The van der Waals surface area contributed by atoms with Gasteiger partial charge in [0.15, 0.2) is 11.1 Å². The van der Waals surface area contributed by atoms with Gasteiger partial charge in [-0.05, 0) is 18.9 Å². The van der Waals surface area contributed by atoms with Crippen molar-refractivity contribution in [2.75, 3.05) is 11.9 Å². The van der Waals surface area contributed by atoms with Gasteiger partial charge >= 0.3 is 0 Å². The molecule has 1 heterocycles. The van der Waals surface area contributed by atoms with Crippen LogP contribution in [0.3, 0.4) is 0 Å². The number of para-hydroxylation sites is 1. The summed E-state index contributed by atoms with van der Waals surface area (Å²) in [6.45, 7) is 2.03. The van der Waals surface area contributed by atoms with E-state index in [1.807, 2.05) is 6.92 Å². The fraction of sp³-hybridized carbons (Fsp3) is 0.417. The van der Waals surface area contributed by atoms with Crippen molar-refractivity contribution in [1.29, 1.82) is 0 Å². The molecular weight excluding hydrogens is 250 g/mol. The fourth-order valence-corrected chi connectivity index (χ4v) is 1.85. The van der Waals surface area contributed by atoms with Crippen LogP contribution in [-0.2, 0) is 0 Å². The standard InChI is InChI=1S/C12H15N3O4/c1-2-8(6-7-16)13-12-14-11-9(15(17)18)4-3-5-10(11)19-12/h3-5,8,16H,2,6-7H2,1H3,(H,13,14). The average molecular weight is 265 g/mol.